The van der Waals surface area contributed by atoms with Crippen molar-refractivity contribution < 1.29 is 4.79 Å². The van der Waals surface area contributed by atoms with Crippen LogP contribution in [0.15, 0.2) is 24.3 Å². The second-order valence-electron chi connectivity index (χ2n) is 9.01. The molecular weight excluding hydrogens is 396 g/mol. The summed E-state index contributed by atoms with van der Waals surface area (Å²) in [5.74, 6) is 0.518. The zero-order valence-corrected chi connectivity index (χ0v) is 19.2. The first kappa shape index (κ1) is 21.7. The zero-order chi connectivity index (χ0) is 21.2. The van der Waals surface area contributed by atoms with Crippen molar-refractivity contribution in [3.63, 3.8) is 0 Å². The highest BCUT2D eigenvalue weighted by Gasteiger charge is 2.23. The van der Waals surface area contributed by atoms with Crippen molar-refractivity contribution in [1.82, 2.24) is 0 Å². The molecule has 29 heavy (non-hydrogen) atoms. The maximum absolute atomic E-state index is 12.6. The number of carbonyl (C=O) groups excluding carboxylic acids is 1. The maximum atomic E-state index is 12.6. The Morgan fingerprint density at radius 3 is 2.59 bits per heavy atom. The van der Waals surface area contributed by atoms with Crippen LogP contribution in [0.1, 0.15) is 68.4 Å². The van der Waals surface area contributed by atoms with E-state index in [0.717, 1.165) is 39.8 Å². The second-order valence-corrected chi connectivity index (χ2v) is 10.7. The van der Waals surface area contributed by atoms with Crippen LogP contribution in [0.4, 0.5) is 5.00 Å². The molecule has 0 bridgehead atoms. The third-order valence-corrected chi connectivity index (χ3v) is 7.04. The Hall–Kier alpha value is -2.03. The number of nitrogens with one attached hydrogen (secondary N) is 1. The van der Waals surface area contributed by atoms with Crippen LogP contribution in [0.3, 0.4) is 0 Å². The number of rotatable bonds is 4. The number of nitriles is 1. The van der Waals surface area contributed by atoms with Gasteiger partial charge in [0.05, 0.1) is 9.39 Å². The van der Waals surface area contributed by atoms with Gasteiger partial charge in [-0.15, -0.1) is 11.3 Å². The first-order valence-corrected chi connectivity index (χ1v) is 11.4. The Bertz CT molecular complexity index is 1010. The summed E-state index contributed by atoms with van der Waals surface area (Å²) in [7, 11) is 0. The van der Waals surface area contributed by atoms with Crippen molar-refractivity contribution in [2.75, 3.05) is 5.32 Å². The predicted molar refractivity (Wildman–Crippen MR) is 123 cm³/mol. The van der Waals surface area contributed by atoms with Crippen LogP contribution in [0.2, 0.25) is 0 Å². The minimum Gasteiger partial charge on any atom is -0.317 e. The van der Waals surface area contributed by atoms with Gasteiger partial charge in [-0.05, 0) is 59.3 Å². The van der Waals surface area contributed by atoms with Gasteiger partial charge in [-0.2, -0.15) is 5.26 Å². The van der Waals surface area contributed by atoms with Crippen molar-refractivity contribution >= 4 is 34.5 Å². The largest absolute Gasteiger partial charge is 0.317 e. The molecule has 3 rings (SSSR count). The smallest absolute Gasteiger partial charge is 0.225 e. The molecule has 152 valence electrons. The van der Waals surface area contributed by atoms with E-state index in [1.54, 1.807) is 0 Å². The molecule has 1 N–H and O–H groups in total. The molecule has 1 unspecified atom stereocenters. The highest BCUT2D eigenvalue weighted by Crippen LogP contribution is 2.36. The summed E-state index contributed by atoms with van der Waals surface area (Å²) in [5.41, 5.74) is 5.33. The van der Waals surface area contributed by atoms with E-state index in [4.69, 9.17) is 12.2 Å². The standard InChI is InChI=1S/C24H28N2OS2/c1-15-5-11-18-19(13-15)23(28)29-22(20(18)14-25)26-21(27)12-8-16-6-9-17(10-7-16)24(2,3)4/h6-7,9-10,15H,5,8,11-13H2,1-4H3,(H,26,27). The van der Waals surface area contributed by atoms with Crippen LogP contribution in [0, 0.1) is 21.1 Å². The van der Waals surface area contributed by atoms with Gasteiger partial charge in [-0.3, -0.25) is 4.79 Å². The third kappa shape index (κ3) is 5.12. The molecule has 0 fully saturated rings. The predicted octanol–water partition coefficient (Wildman–Crippen LogP) is 6.34. The average Bonchev–Trinajstić information content (AvgIpc) is 2.67. The summed E-state index contributed by atoms with van der Waals surface area (Å²) in [6.45, 7) is 8.79. The third-order valence-electron chi connectivity index (χ3n) is 5.60. The Kier molecular flexibility index (Phi) is 6.55. The fourth-order valence-electron chi connectivity index (χ4n) is 3.76. The van der Waals surface area contributed by atoms with Crippen molar-refractivity contribution in [3.05, 3.63) is 55.9 Å². The summed E-state index contributed by atoms with van der Waals surface area (Å²) >= 11 is 6.94. The van der Waals surface area contributed by atoms with Crippen molar-refractivity contribution in [3.8, 4) is 6.07 Å². The maximum Gasteiger partial charge on any atom is 0.225 e. The van der Waals surface area contributed by atoms with Crippen molar-refractivity contribution in [1.29, 1.82) is 5.26 Å². The van der Waals surface area contributed by atoms with Crippen LogP contribution in [-0.4, -0.2) is 5.91 Å². The van der Waals surface area contributed by atoms with E-state index < -0.39 is 0 Å². The lowest BCUT2D eigenvalue weighted by Crippen LogP contribution is -2.17. The number of benzene rings is 1. The van der Waals surface area contributed by atoms with Crippen LogP contribution in [0.25, 0.3) is 0 Å². The number of carbonyl (C=O) groups is 1. The Morgan fingerprint density at radius 1 is 1.28 bits per heavy atom. The molecule has 0 spiro atoms. The molecule has 0 aliphatic heterocycles. The van der Waals surface area contributed by atoms with E-state index in [0.29, 0.717) is 29.3 Å². The van der Waals surface area contributed by atoms with E-state index in [2.05, 4.69) is 63.3 Å². The molecule has 0 saturated heterocycles. The van der Waals surface area contributed by atoms with Crippen LogP contribution in [0.5, 0.6) is 0 Å². The molecule has 3 nitrogen and oxygen atoms in total. The Balaban J connectivity index is 1.70. The van der Waals surface area contributed by atoms with Crippen LogP contribution < -0.4 is 5.32 Å². The molecule has 1 aromatic carbocycles. The lowest BCUT2D eigenvalue weighted by atomic mass is 9.85. The number of amides is 1. The lowest BCUT2D eigenvalue weighted by Gasteiger charge is -2.23. The molecule has 1 aliphatic carbocycles. The van der Waals surface area contributed by atoms with Gasteiger partial charge in [0.25, 0.3) is 0 Å². The summed E-state index contributed by atoms with van der Waals surface area (Å²) in [4.78, 5) is 12.6. The topological polar surface area (TPSA) is 52.9 Å². The fraction of sp³-hybridized carbons (Fsp3) is 0.458. The van der Waals surface area contributed by atoms with Gasteiger partial charge in [0, 0.05) is 6.42 Å². The summed E-state index contributed by atoms with van der Waals surface area (Å²) in [6.07, 6.45) is 3.90. The second kappa shape index (κ2) is 8.77. The Labute approximate surface area is 182 Å². The number of aryl methyl sites for hydroxylation is 1. The van der Waals surface area contributed by atoms with E-state index in [1.165, 1.54) is 16.9 Å². The zero-order valence-electron chi connectivity index (χ0n) is 17.6. The van der Waals surface area contributed by atoms with Crippen molar-refractivity contribution in [2.24, 2.45) is 5.92 Å². The normalized spacial score (nSPS) is 16.0. The van der Waals surface area contributed by atoms with Gasteiger partial charge in [0.1, 0.15) is 11.1 Å². The molecule has 5 heteroatoms. The van der Waals surface area contributed by atoms with E-state index in [1.807, 2.05) is 0 Å². The fourth-order valence-corrected chi connectivity index (χ4v) is 5.17. The highest BCUT2D eigenvalue weighted by molar-refractivity contribution is 7.73. The molecule has 2 aromatic rings. The van der Waals surface area contributed by atoms with E-state index in [9.17, 15) is 10.1 Å². The van der Waals surface area contributed by atoms with Crippen LogP contribution in [-0.2, 0) is 29.5 Å². The van der Waals surface area contributed by atoms with Gasteiger partial charge in [-0.1, -0.05) is 64.2 Å². The number of anilines is 1. The molecule has 1 heterocycles. The van der Waals surface area contributed by atoms with Gasteiger partial charge in [0.15, 0.2) is 0 Å². The summed E-state index contributed by atoms with van der Waals surface area (Å²) < 4.78 is 0.804. The molecule has 1 aliphatic rings. The number of hydrogen-bond acceptors (Lipinski definition) is 4. The lowest BCUT2D eigenvalue weighted by molar-refractivity contribution is -0.116. The SMILES string of the molecule is CC1CCc2c(C#N)c(NC(=O)CCc3ccc(C(C)(C)C)cc3)sc(=S)c2C1. The first-order chi connectivity index (χ1) is 13.7. The molecule has 1 atom stereocenters. The molecule has 1 amide bonds. The molecule has 0 saturated carbocycles. The monoisotopic (exact) mass is 424 g/mol. The van der Waals surface area contributed by atoms with E-state index >= 15 is 0 Å². The highest BCUT2D eigenvalue weighted by atomic mass is 32.1. The molecular formula is C24H28N2OS2. The molecule has 1 aromatic heterocycles. The van der Waals surface area contributed by atoms with Gasteiger partial charge in [-0.25, -0.2) is 0 Å². The number of hydrogen-bond donors (Lipinski definition) is 1. The Morgan fingerprint density at radius 2 is 1.97 bits per heavy atom. The average molecular weight is 425 g/mol. The van der Waals surface area contributed by atoms with Gasteiger partial charge >= 0.3 is 0 Å². The number of fused-ring (bicyclic) bond motifs is 1. The van der Waals surface area contributed by atoms with Crippen LogP contribution >= 0.6 is 23.6 Å². The number of nitrogens with zero attached hydrogens (tertiary/aromatic N) is 1. The van der Waals surface area contributed by atoms with Crippen molar-refractivity contribution in [2.45, 2.75) is 65.2 Å². The minimum absolute atomic E-state index is 0.0730. The summed E-state index contributed by atoms with van der Waals surface area (Å²) in [5, 5.41) is 13.3. The quantitative estimate of drug-likeness (QED) is 0.582. The minimum atomic E-state index is -0.0730. The summed E-state index contributed by atoms with van der Waals surface area (Å²) in [6, 6.07) is 10.8. The van der Waals surface area contributed by atoms with E-state index in [-0.39, 0.29) is 11.3 Å². The first-order valence-electron chi connectivity index (χ1n) is 10.2. The molecule has 0 radical (unpaired) electrons. The van der Waals surface area contributed by atoms with Gasteiger partial charge < -0.3 is 5.32 Å². The van der Waals surface area contributed by atoms with Gasteiger partial charge in [0.2, 0.25) is 5.91 Å².